The lowest BCUT2D eigenvalue weighted by Crippen LogP contribution is -2.20. The van der Waals surface area contributed by atoms with Gasteiger partial charge < -0.3 is 0 Å². The lowest BCUT2D eigenvalue weighted by atomic mass is 10.5. The standard InChI is InChI=1S/C9H15ClN2S2/c1-12(3-4-13-2)6-9-11-8(5-10)7-14-9/h7H,3-6H2,1-2H3. The molecule has 0 aromatic carbocycles. The first-order valence-electron chi connectivity index (χ1n) is 4.43. The van der Waals surface area contributed by atoms with Crippen LogP contribution in [0.4, 0.5) is 0 Å². The smallest absolute Gasteiger partial charge is 0.107 e. The highest BCUT2D eigenvalue weighted by molar-refractivity contribution is 7.98. The van der Waals surface area contributed by atoms with Crippen LogP contribution in [-0.2, 0) is 12.4 Å². The van der Waals surface area contributed by atoms with Crippen LogP contribution in [0.5, 0.6) is 0 Å². The average molecular weight is 251 g/mol. The van der Waals surface area contributed by atoms with Gasteiger partial charge in [-0.05, 0) is 13.3 Å². The molecule has 5 heteroatoms. The Labute approximate surface area is 98.7 Å². The second-order valence-corrected chi connectivity index (χ2v) is 5.29. The number of nitrogens with zero attached hydrogens (tertiary/aromatic N) is 2. The Morgan fingerprint density at radius 1 is 1.64 bits per heavy atom. The molecule has 2 nitrogen and oxygen atoms in total. The second-order valence-electron chi connectivity index (χ2n) is 3.10. The van der Waals surface area contributed by atoms with E-state index in [1.165, 1.54) is 5.75 Å². The summed E-state index contributed by atoms with van der Waals surface area (Å²) < 4.78 is 0. The minimum Gasteiger partial charge on any atom is -0.299 e. The maximum absolute atomic E-state index is 5.69. The summed E-state index contributed by atoms with van der Waals surface area (Å²) in [6, 6.07) is 0. The molecule has 0 fully saturated rings. The molecule has 0 N–H and O–H groups in total. The van der Waals surface area contributed by atoms with Crippen LogP contribution in [0.25, 0.3) is 0 Å². The summed E-state index contributed by atoms with van der Waals surface area (Å²) in [5.74, 6) is 1.69. The Morgan fingerprint density at radius 2 is 2.43 bits per heavy atom. The lowest BCUT2D eigenvalue weighted by Gasteiger charge is -2.13. The second kappa shape index (κ2) is 6.67. The summed E-state index contributed by atoms with van der Waals surface area (Å²) in [4.78, 5) is 6.70. The number of thiazole rings is 1. The van der Waals surface area contributed by atoms with Gasteiger partial charge in [0.2, 0.25) is 0 Å². The largest absolute Gasteiger partial charge is 0.299 e. The Kier molecular flexibility index (Phi) is 5.86. The normalized spacial score (nSPS) is 11.1. The van der Waals surface area contributed by atoms with Crippen LogP contribution in [0.3, 0.4) is 0 Å². The molecule has 0 aliphatic carbocycles. The fourth-order valence-corrected chi connectivity index (χ4v) is 2.64. The highest BCUT2D eigenvalue weighted by atomic mass is 35.5. The fraction of sp³-hybridized carbons (Fsp3) is 0.667. The van der Waals surface area contributed by atoms with Crippen molar-refractivity contribution in [2.45, 2.75) is 12.4 Å². The van der Waals surface area contributed by atoms with Gasteiger partial charge in [-0.15, -0.1) is 22.9 Å². The van der Waals surface area contributed by atoms with E-state index < -0.39 is 0 Å². The Bertz CT molecular complexity index is 265. The third-order valence-corrected chi connectivity index (χ3v) is 3.57. The molecular formula is C9H15ClN2S2. The number of hydrogen-bond acceptors (Lipinski definition) is 4. The zero-order chi connectivity index (χ0) is 10.4. The summed E-state index contributed by atoms with van der Waals surface area (Å²) in [5, 5.41) is 3.19. The van der Waals surface area contributed by atoms with Crippen molar-refractivity contribution in [1.29, 1.82) is 0 Å². The first-order chi connectivity index (χ1) is 6.76. The molecule has 0 unspecified atom stereocenters. The Balaban J connectivity index is 2.35. The zero-order valence-corrected chi connectivity index (χ0v) is 10.9. The zero-order valence-electron chi connectivity index (χ0n) is 8.49. The van der Waals surface area contributed by atoms with Gasteiger partial charge in [0.1, 0.15) is 5.01 Å². The first kappa shape index (κ1) is 12.3. The van der Waals surface area contributed by atoms with E-state index in [2.05, 4.69) is 23.2 Å². The van der Waals surface area contributed by atoms with Gasteiger partial charge in [0.05, 0.1) is 18.1 Å². The van der Waals surface area contributed by atoms with Gasteiger partial charge in [0.15, 0.2) is 0 Å². The van der Waals surface area contributed by atoms with Crippen LogP contribution in [-0.4, -0.2) is 35.5 Å². The van der Waals surface area contributed by atoms with Crippen molar-refractivity contribution in [2.24, 2.45) is 0 Å². The van der Waals surface area contributed by atoms with E-state index in [-0.39, 0.29) is 0 Å². The molecule has 0 saturated carbocycles. The molecule has 0 bridgehead atoms. The molecule has 0 saturated heterocycles. The van der Waals surface area contributed by atoms with Gasteiger partial charge in [-0.25, -0.2) is 4.98 Å². The number of hydrogen-bond donors (Lipinski definition) is 0. The number of aromatic nitrogens is 1. The molecule has 0 aliphatic heterocycles. The molecule has 0 radical (unpaired) electrons. The van der Waals surface area contributed by atoms with E-state index in [4.69, 9.17) is 11.6 Å². The molecule has 80 valence electrons. The average Bonchev–Trinajstić information content (AvgIpc) is 2.62. The Morgan fingerprint density at radius 3 is 3.00 bits per heavy atom. The maximum atomic E-state index is 5.69. The van der Waals surface area contributed by atoms with Gasteiger partial charge in [0.25, 0.3) is 0 Å². The number of rotatable bonds is 6. The van der Waals surface area contributed by atoms with Gasteiger partial charge in [0, 0.05) is 17.7 Å². The third-order valence-electron chi connectivity index (χ3n) is 1.82. The monoisotopic (exact) mass is 250 g/mol. The quantitative estimate of drug-likeness (QED) is 0.723. The minimum absolute atomic E-state index is 0.519. The number of halogens is 1. The van der Waals surface area contributed by atoms with Gasteiger partial charge in [-0.3, -0.25) is 4.90 Å². The molecule has 0 spiro atoms. The van der Waals surface area contributed by atoms with Crippen molar-refractivity contribution in [3.05, 3.63) is 16.1 Å². The molecule has 1 aromatic heterocycles. The van der Waals surface area contributed by atoms with Crippen molar-refractivity contribution < 1.29 is 0 Å². The molecule has 0 aliphatic rings. The Hall–Kier alpha value is 0.230. The summed E-state index contributed by atoms with van der Waals surface area (Å²) in [6.07, 6.45) is 2.13. The number of thioether (sulfide) groups is 1. The molecule has 1 heterocycles. The molecule has 14 heavy (non-hydrogen) atoms. The van der Waals surface area contributed by atoms with E-state index >= 15 is 0 Å². The van der Waals surface area contributed by atoms with E-state index in [0.717, 1.165) is 23.8 Å². The fourth-order valence-electron chi connectivity index (χ4n) is 1.04. The van der Waals surface area contributed by atoms with Crippen molar-refractivity contribution in [1.82, 2.24) is 9.88 Å². The SMILES string of the molecule is CSCCN(C)Cc1nc(CCl)cs1. The molecule has 1 aromatic rings. The van der Waals surface area contributed by atoms with Gasteiger partial charge in [-0.2, -0.15) is 11.8 Å². The van der Waals surface area contributed by atoms with E-state index in [1.54, 1.807) is 11.3 Å². The van der Waals surface area contributed by atoms with E-state index in [1.807, 2.05) is 17.1 Å². The summed E-state index contributed by atoms with van der Waals surface area (Å²) in [7, 11) is 2.12. The summed E-state index contributed by atoms with van der Waals surface area (Å²) in [5.41, 5.74) is 0.991. The summed E-state index contributed by atoms with van der Waals surface area (Å²) in [6.45, 7) is 2.04. The van der Waals surface area contributed by atoms with Crippen LogP contribution in [0.1, 0.15) is 10.7 Å². The van der Waals surface area contributed by atoms with Crippen molar-refractivity contribution in [3.8, 4) is 0 Å². The predicted octanol–water partition coefficient (Wildman–Crippen LogP) is 2.68. The van der Waals surface area contributed by atoms with Crippen molar-refractivity contribution in [2.75, 3.05) is 25.6 Å². The molecular weight excluding hydrogens is 236 g/mol. The molecule has 0 atom stereocenters. The highest BCUT2D eigenvalue weighted by Gasteiger charge is 2.04. The van der Waals surface area contributed by atoms with E-state index in [9.17, 15) is 0 Å². The van der Waals surface area contributed by atoms with Crippen molar-refractivity contribution >= 4 is 34.7 Å². The topological polar surface area (TPSA) is 16.1 Å². The first-order valence-corrected chi connectivity index (χ1v) is 7.23. The van der Waals surface area contributed by atoms with Crippen LogP contribution in [0.15, 0.2) is 5.38 Å². The third kappa shape index (κ3) is 4.17. The van der Waals surface area contributed by atoms with Crippen LogP contribution in [0, 0.1) is 0 Å². The molecule has 0 amide bonds. The number of alkyl halides is 1. The van der Waals surface area contributed by atoms with Gasteiger partial charge >= 0.3 is 0 Å². The van der Waals surface area contributed by atoms with E-state index in [0.29, 0.717) is 5.88 Å². The maximum Gasteiger partial charge on any atom is 0.107 e. The van der Waals surface area contributed by atoms with Crippen molar-refractivity contribution in [3.63, 3.8) is 0 Å². The predicted molar refractivity (Wildman–Crippen MR) is 66.4 cm³/mol. The molecule has 1 rings (SSSR count). The summed E-state index contributed by atoms with van der Waals surface area (Å²) >= 11 is 9.25. The van der Waals surface area contributed by atoms with Crippen LogP contribution < -0.4 is 0 Å². The van der Waals surface area contributed by atoms with Crippen LogP contribution in [0.2, 0.25) is 0 Å². The van der Waals surface area contributed by atoms with Crippen LogP contribution >= 0.6 is 34.7 Å². The minimum atomic E-state index is 0.519. The lowest BCUT2D eigenvalue weighted by molar-refractivity contribution is 0.348. The van der Waals surface area contributed by atoms with Gasteiger partial charge in [-0.1, -0.05) is 0 Å². The highest BCUT2D eigenvalue weighted by Crippen LogP contribution is 2.13.